The molecule has 0 aliphatic heterocycles. The number of fused-ring (bicyclic) bond motifs is 1. The van der Waals surface area contributed by atoms with Gasteiger partial charge in [0.1, 0.15) is 11.4 Å². The Morgan fingerprint density at radius 3 is 2.60 bits per heavy atom. The Morgan fingerprint density at radius 1 is 1.23 bits per heavy atom. The molecule has 3 aromatic rings. The number of ether oxygens (including phenoxy) is 1. The first kappa shape index (κ1) is 20.2. The standard InChI is InChI=1S/C23H29N5O2/c1-23(2,3)21-13-20(27(4)26-21)22(29)25-18-7-6-8-19-17(18)14-24-28(19)15-9-11-16(30-5)12-10-15/h9-14,18H,6-8H2,1-5H3,(H,25,29). The van der Waals surface area contributed by atoms with Crippen LogP contribution in [0.5, 0.6) is 5.75 Å². The summed E-state index contributed by atoms with van der Waals surface area (Å²) in [5, 5.41) is 12.3. The quantitative estimate of drug-likeness (QED) is 0.715. The van der Waals surface area contributed by atoms with Crippen molar-refractivity contribution in [1.29, 1.82) is 0 Å². The van der Waals surface area contributed by atoms with E-state index in [2.05, 4.69) is 36.3 Å². The normalized spacial score (nSPS) is 16.2. The summed E-state index contributed by atoms with van der Waals surface area (Å²) in [6.07, 6.45) is 4.72. The van der Waals surface area contributed by atoms with Gasteiger partial charge in [-0.15, -0.1) is 0 Å². The summed E-state index contributed by atoms with van der Waals surface area (Å²) in [6.45, 7) is 6.29. The Bertz CT molecular complexity index is 1060. The number of nitrogens with zero attached hydrogens (tertiary/aromatic N) is 4. The van der Waals surface area contributed by atoms with E-state index in [4.69, 9.17) is 4.74 Å². The van der Waals surface area contributed by atoms with Crippen molar-refractivity contribution < 1.29 is 9.53 Å². The Kier molecular flexibility index (Phi) is 5.13. The molecule has 2 heterocycles. The third-order valence-corrected chi connectivity index (χ3v) is 5.69. The fourth-order valence-corrected chi connectivity index (χ4v) is 3.93. The van der Waals surface area contributed by atoms with Gasteiger partial charge >= 0.3 is 0 Å². The molecule has 0 spiro atoms. The highest BCUT2D eigenvalue weighted by atomic mass is 16.5. The van der Waals surface area contributed by atoms with Crippen LogP contribution in [0.4, 0.5) is 0 Å². The van der Waals surface area contributed by atoms with Crippen LogP contribution in [0.1, 0.15) is 67.1 Å². The maximum atomic E-state index is 13.0. The Morgan fingerprint density at radius 2 is 1.97 bits per heavy atom. The fourth-order valence-electron chi connectivity index (χ4n) is 3.93. The minimum absolute atomic E-state index is 0.0544. The molecule has 7 nitrogen and oxygen atoms in total. The van der Waals surface area contributed by atoms with Crippen LogP contribution >= 0.6 is 0 Å². The van der Waals surface area contributed by atoms with E-state index >= 15 is 0 Å². The highest BCUT2D eigenvalue weighted by Crippen LogP contribution is 2.32. The highest BCUT2D eigenvalue weighted by Gasteiger charge is 2.28. The lowest BCUT2D eigenvalue weighted by Crippen LogP contribution is -2.32. The summed E-state index contributed by atoms with van der Waals surface area (Å²) >= 11 is 0. The zero-order valence-corrected chi connectivity index (χ0v) is 18.3. The van der Waals surface area contributed by atoms with E-state index in [1.807, 2.05) is 48.3 Å². The van der Waals surface area contributed by atoms with Crippen molar-refractivity contribution in [2.24, 2.45) is 7.05 Å². The van der Waals surface area contributed by atoms with Crippen LogP contribution in [0.3, 0.4) is 0 Å². The molecule has 0 saturated heterocycles. The Hall–Kier alpha value is -3.09. The highest BCUT2D eigenvalue weighted by molar-refractivity contribution is 5.93. The fraction of sp³-hybridized carbons (Fsp3) is 0.435. The van der Waals surface area contributed by atoms with Gasteiger partial charge in [0.25, 0.3) is 5.91 Å². The largest absolute Gasteiger partial charge is 0.497 e. The van der Waals surface area contributed by atoms with Crippen LogP contribution in [0.2, 0.25) is 0 Å². The third kappa shape index (κ3) is 3.72. The van der Waals surface area contributed by atoms with E-state index in [1.54, 1.807) is 11.8 Å². The number of aryl methyl sites for hydroxylation is 1. The smallest absolute Gasteiger partial charge is 0.270 e. The maximum absolute atomic E-state index is 13.0. The molecule has 1 aliphatic rings. The van der Waals surface area contributed by atoms with Gasteiger partial charge in [-0.3, -0.25) is 9.48 Å². The van der Waals surface area contributed by atoms with Gasteiger partial charge in [0, 0.05) is 23.7 Å². The summed E-state index contributed by atoms with van der Waals surface area (Å²) in [5.74, 6) is 0.714. The number of benzene rings is 1. The molecule has 0 fully saturated rings. The number of carbonyl (C=O) groups is 1. The molecule has 0 radical (unpaired) electrons. The lowest BCUT2D eigenvalue weighted by molar-refractivity contribution is 0.0923. The predicted molar refractivity (Wildman–Crippen MR) is 115 cm³/mol. The lowest BCUT2D eigenvalue weighted by Gasteiger charge is -2.24. The summed E-state index contributed by atoms with van der Waals surface area (Å²) in [5.41, 5.74) is 4.61. The Labute approximate surface area is 177 Å². The maximum Gasteiger partial charge on any atom is 0.270 e. The Balaban J connectivity index is 1.58. The summed E-state index contributed by atoms with van der Waals surface area (Å²) in [7, 11) is 3.48. The monoisotopic (exact) mass is 407 g/mol. The molecule has 30 heavy (non-hydrogen) atoms. The van der Waals surface area contributed by atoms with Gasteiger partial charge in [-0.2, -0.15) is 10.2 Å². The van der Waals surface area contributed by atoms with Crippen LogP contribution in [0.15, 0.2) is 36.5 Å². The van der Waals surface area contributed by atoms with E-state index < -0.39 is 0 Å². The van der Waals surface area contributed by atoms with Gasteiger partial charge in [-0.1, -0.05) is 20.8 Å². The van der Waals surface area contributed by atoms with Gasteiger partial charge in [-0.05, 0) is 49.6 Å². The predicted octanol–water partition coefficient (Wildman–Crippen LogP) is 3.72. The second kappa shape index (κ2) is 7.63. The number of nitrogens with one attached hydrogen (secondary N) is 1. The summed E-state index contributed by atoms with van der Waals surface area (Å²) in [4.78, 5) is 13.0. The van der Waals surface area contributed by atoms with E-state index in [9.17, 15) is 4.79 Å². The van der Waals surface area contributed by atoms with E-state index in [0.29, 0.717) is 5.69 Å². The first-order valence-corrected chi connectivity index (χ1v) is 10.3. The average Bonchev–Trinajstić information content (AvgIpc) is 3.32. The van der Waals surface area contributed by atoms with Crippen molar-refractivity contribution in [2.45, 2.75) is 51.5 Å². The number of amides is 1. The van der Waals surface area contributed by atoms with Gasteiger partial charge in [-0.25, -0.2) is 4.68 Å². The van der Waals surface area contributed by atoms with Crippen molar-refractivity contribution >= 4 is 5.91 Å². The molecule has 1 unspecified atom stereocenters. The van der Waals surface area contributed by atoms with Crippen LogP contribution in [0.25, 0.3) is 5.69 Å². The number of hydrogen-bond acceptors (Lipinski definition) is 4. The molecule has 1 amide bonds. The summed E-state index contributed by atoms with van der Waals surface area (Å²) in [6, 6.07) is 9.69. The second-order valence-electron chi connectivity index (χ2n) is 8.86. The third-order valence-electron chi connectivity index (χ3n) is 5.69. The molecule has 0 saturated carbocycles. The van der Waals surface area contributed by atoms with Crippen molar-refractivity contribution in [3.8, 4) is 11.4 Å². The molecule has 1 N–H and O–H groups in total. The molecule has 158 valence electrons. The van der Waals surface area contributed by atoms with Crippen LogP contribution in [0, 0.1) is 0 Å². The van der Waals surface area contributed by atoms with Crippen LogP contribution in [-0.2, 0) is 18.9 Å². The van der Waals surface area contributed by atoms with Crippen molar-refractivity contribution in [3.05, 3.63) is 59.2 Å². The minimum Gasteiger partial charge on any atom is -0.497 e. The zero-order valence-electron chi connectivity index (χ0n) is 18.3. The van der Waals surface area contributed by atoms with E-state index in [-0.39, 0.29) is 17.4 Å². The number of carbonyl (C=O) groups excluding carboxylic acids is 1. The number of hydrogen-bond donors (Lipinski definition) is 1. The second-order valence-corrected chi connectivity index (χ2v) is 8.86. The molecule has 0 bridgehead atoms. The van der Waals surface area contributed by atoms with Gasteiger partial charge < -0.3 is 10.1 Å². The minimum atomic E-state index is -0.103. The van der Waals surface area contributed by atoms with Crippen molar-refractivity contribution in [2.75, 3.05) is 7.11 Å². The van der Waals surface area contributed by atoms with Gasteiger partial charge in [0.2, 0.25) is 0 Å². The molecular formula is C23H29N5O2. The van der Waals surface area contributed by atoms with Crippen molar-refractivity contribution in [1.82, 2.24) is 24.9 Å². The first-order valence-electron chi connectivity index (χ1n) is 10.3. The number of rotatable bonds is 4. The number of aromatic nitrogens is 4. The topological polar surface area (TPSA) is 74.0 Å². The number of methoxy groups -OCH3 is 1. The van der Waals surface area contributed by atoms with Gasteiger partial charge in [0.15, 0.2) is 0 Å². The SMILES string of the molecule is COc1ccc(-n2ncc3c2CCCC3NC(=O)c2cc(C(C)(C)C)nn2C)cc1. The lowest BCUT2D eigenvalue weighted by atomic mass is 9.92. The molecule has 4 rings (SSSR count). The first-order chi connectivity index (χ1) is 14.3. The molecule has 2 aromatic heterocycles. The van der Waals surface area contributed by atoms with E-state index in [1.165, 1.54) is 0 Å². The van der Waals surface area contributed by atoms with Crippen LogP contribution < -0.4 is 10.1 Å². The van der Waals surface area contributed by atoms with Gasteiger partial charge in [0.05, 0.1) is 30.7 Å². The van der Waals surface area contributed by atoms with E-state index in [0.717, 1.165) is 47.7 Å². The molecule has 7 heteroatoms. The zero-order chi connectivity index (χ0) is 21.5. The molecular weight excluding hydrogens is 378 g/mol. The van der Waals surface area contributed by atoms with Crippen molar-refractivity contribution in [3.63, 3.8) is 0 Å². The average molecular weight is 408 g/mol. The molecule has 1 aromatic carbocycles. The van der Waals surface area contributed by atoms with Crippen LogP contribution in [-0.4, -0.2) is 32.6 Å². The molecule has 1 atom stereocenters. The molecule has 1 aliphatic carbocycles. The summed E-state index contributed by atoms with van der Waals surface area (Å²) < 4.78 is 8.88.